The first-order valence-electron chi connectivity index (χ1n) is 6.33. The molecular weight excluding hydrogens is 188 g/mol. The van der Waals surface area contributed by atoms with Crippen LogP contribution in [0.15, 0.2) is 0 Å². The van der Waals surface area contributed by atoms with Crippen molar-refractivity contribution < 1.29 is 4.74 Å². The van der Waals surface area contributed by atoms with E-state index in [0.717, 1.165) is 38.1 Å². The van der Waals surface area contributed by atoms with Crippen molar-refractivity contribution in [3.05, 3.63) is 0 Å². The minimum Gasteiger partial charge on any atom is -0.381 e. The molecule has 2 bridgehead atoms. The second-order valence-electron chi connectivity index (χ2n) is 5.77. The number of nitrogens with zero attached hydrogens (tertiary/aromatic N) is 1. The van der Waals surface area contributed by atoms with Gasteiger partial charge in [-0.15, -0.1) is 0 Å². The van der Waals surface area contributed by atoms with E-state index >= 15 is 0 Å². The van der Waals surface area contributed by atoms with Gasteiger partial charge in [-0.3, -0.25) is 4.90 Å². The minimum atomic E-state index is 0.282. The van der Waals surface area contributed by atoms with Gasteiger partial charge in [-0.25, -0.2) is 0 Å². The van der Waals surface area contributed by atoms with Gasteiger partial charge in [0.15, 0.2) is 0 Å². The first kappa shape index (κ1) is 10.1. The molecule has 3 heteroatoms. The third-order valence-electron chi connectivity index (χ3n) is 4.68. The molecule has 3 nitrogen and oxygen atoms in total. The summed E-state index contributed by atoms with van der Waals surface area (Å²) in [7, 11) is 0. The van der Waals surface area contributed by atoms with Crippen molar-refractivity contribution in [3.63, 3.8) is 0 Å². The number of fused-ring (bicyclic) bond motifs is 2. The quantitative estimate of drug-likeness (QED) is 0.750. The molecule has 0 spiro atoms. The molecule has 0 aromatic rings. The topological polar surface area (TPSA) is 38.5 Å². The molecule has 86 valence electrons. The Hall–Kier alpha value is -0.120. The second kappa shape index (κ2) is 3.72. The van der Waals surface area contributed by atoms with Crippen molar-refractivity contribution in [3.8, 4) is 0 Å². The molecule has 3 rings (SSSR count). The van der Waals surface area contributed by atoms with Crippen LogP contribution in [0.25, 0.3) is 0 Å². The summed E-state index contributed by atoms with van der Waals surface area (Å²) in [5, 5.41) is 0. The van der Waals surface area contributed by atoms with Gasteiger partial charge in [0, 0.05) is 37.7 Å². The SMILES string of the molecule is NCC1(CN2CC3CCC2C3)CCOC1. The van der Waals surface area contributed by atoms with E-state index in [1.807, 2.05) is 0 Å². The summed E-state index contributed by atoms with van der Waals surface area (Å²) in [6.07, 6.45) is 5.50. The van der Waals surface area contributed by atoms with Crippen LogP contribution in [-0.4, -0.2) is 43.8 Å². The summed E-state index contributed by atoms with van der Waals surface area (Å²) in [6.45, 7) is 5.11. The van der Waals surface area contributed by atoms with Crippen LogP contribution < -0.4 is 5.73 Å². The standard InChI is InChI=1S/C12H22N2O/c13-7-12(3-4-15-9-12)8-14-6-10-1-2-11(14)5-10/h10-11H,1-9,13H2. The van der Waals surface area contributed by atoms with Gasteiger partial charge in [0.1, 0.15) is 0 Å². The fourth-order valence-electron chi connectivity index (χ4n) is 3.65. The summed E-state index contributed by atoms with van der Waals surface area (Å²) in [6, 6.07) is 0.874. The molecule has 2 saturated heterocycles. The minimum absolute atomic E-state index is 0.282. The van der Waals surface area contributed by atoms with Crippen molar-refractivity contribution in [2.24, 2.45) is 17.1 Å². The van der Waals surface area contributed by atoms with E-state index < -0.39 is 0 Å². The number of piperidine rings is 1. The highest BCUT2D eigenvalue weighted by molar-refractivity contribution is 4.96. The average molecular weight is 210 g/mol. The second-order valence-corrected chi connectivity index (χ2v) is 5.77. The van der Waals surface area contributed by atoms with Crippen LogP contribution in [0.5, 0.6) is 0 Å². The number of nitrogens with two attached hydrogens (primary N) is 1. The predicted molar refractivity (Wildman–Crippen MR) is 59.6 cm³/mol. The highest BCUT2D eigenvalue weighted by Crippen LogP contribution is 2.40. The van der Waals surface area contributed by atoms with Crippen molar-refractivity contribution in [1.29, 1.82) is 0 Å². The Balaban J connectivity index is 1.64. The molecule has 15 heavy (non-hydrogen) atoms. The summed E-state index contributed by atoms with van der Waals surface area (Å²) in [5.41, 5.74) is 6.22. The van der Waals surface area contributed by atoms with E-state index in [4.69, 9.17) is 10.5 Å². The molecule has 0 amide bonds. The average Bonchev–Trinajstić information content (AvgIpc) is 2.93. The van der Waals surface area contributed by atoms with Crippen LogP contribution in [0.3, 0.4) is 0 Å². The van der Waals surface area contributed by atoms with Crippen LogP contribution in [0.4, 0.5) is 0 Å². The monoisotopic (exact) mass is 210 g/mol. The lowest BCUT2D eigenvalue weighted by Crippen LogP contribution is -2.45. The van der Waals surface area contributed by atoms with Crippen LogP contribution in [-0.2, 0) is 4.74 Å². The van der Waals surface area contributed by atoms with Crippen molar-refractivity contribution in [1.82, 2.24) is 4.90 Å². The molecule has 2 N–H and O–H groups in total. The van der Waals surface area contributed by atoms with E-state index in [2.05, 4.69) is 4.90 Å². The number of likely N-dealkylation sites (tertiary alicyclic amines) is 1. The zero-order valence-corrected chi connectivity index (χ0v) is 9.45. The molecule has 0 aromatic carbocycles. The maximum absolute atomic E-state index is 5.94. The summed E-state index contributed by atoms with van der Waals surface area (Å²) in [5.74, 6) is 0.993. The van der Waals surface area contributed by atoms with Crippen LogP contribution >= 0.6 is 0 Å². The van der Waals surface area contributed by atoms with E-state index in [9.17, 15) is 0 Å². The van der Waals surface area contributed by atoms with E-state index in [-0.39, 0.29) is 5.41 Å². The highest BCUT2D eigenvalue weighted by Gasteiger charge is 2.43. The molecule has 2 heterocycles. The van der Waals surface area contributed by atoms with Gasteiger partial charge in [-0.2, -0.15) is 0 Å². The fourth-order valence-corrected chi connectivity index (χ4v) is 3.65. The Morgan fingerprint density at radius 1 is 1.40 bits per heavy atom. The molecular formula is C12H22N2O. The van der Waals surface area contributed by atoms with E-state index in [0.29, 0.717) is 0 Å². The molecule has 1 aliphatic carbocycles. The van der Waals surface area contributed by atoms with Gasteiger partial charge in [0.2, 0.25) is 0 Å². The zero-order valence-electron chi connectivity index (χ0n) is 9.45. The summed E-state index contributed by atoms with van der Waals surface area (Å²) in [4.78, 5) is 2.69. The highest BCUT2D eigenvalue weighted by atomic mass is 16.5. The Bertz CT molecular complexity index is 238. The van der Waals surface area contributed by atoms with Crippen molar-refractivity contribution in [2.75, 3.05) is 32.8 Å². The number of hydrogen-bond donors (Lipinski definition) is 1. The van der Waals surface area contributed by atoms with E-state index in [1.54, 1.807) is 0 Å². The predicted octanol–water partition coefficient (Wildman–Crippen LogP) is 0.836. The molecule has 3 unspecified atom stereocenters. The largest absolute Gasteiger partial charge is 0.381 e. The maximum Gasteiger partial charge on any atom is 0.0547 e. The van der Waals surface area contributed by atoms with Crippen molar-refractivity contribution >= 4 is 0 Å². The van der Waals surface area contributed by atoms with Gasteiger partial charge in [0.05, 0.1) is 6.61 Å². The third kappa shape index (κ3) is 1.71. The zero-order chi connectivity index (χ0) is 10.3. The maximum atomic E-state index is 5.94. The van der Waals surface area contributed by atoms with Gasteiger partial charge in [0.25, 0.3) is 0 Å². The van der Waals surface area contributed by atoms with Gasteiger partial charge < -0.3 is 10.5 Å². The molecule has 3 atom stereocenters. The van der Waals surface area contributed by atoms with Crippen LogP contribution in [0, 0.1) is 11.3 Å². The normalized spacial score (nSPS) is 45.4. The molecule has 0 radical (unpaired) electrons. The molecule has 2 aliphatic heterocycles. The molecule has 1 saturated carbocycles. The smallest absolute Gasteiger partial charge is 0.0547 e. The summed E-state index contributed by atoms with van der Waals surface area (Å²) < 4.78 is 5.54. The van der Waals surface area contributed by atoms with Crippen molar-refractivity contribution in [2.45, 2.75) is 31.7 Å². The van der Waals surface area contributed by atoms with Gasteiger partial charge in [-0.05, 0) is 31.6 Å². The summed E-state index contributed by atoms with van der Waals surface area (Å²) >= 11 is 0. The Morgan fingerprint density at radius 2 is 2.33 bits per heavy atom. The lowest BCUT2D eigenvalue weighted by atomic mass is 9.86. The Kier molecular flexibility index (Phi) is 2.49. The van der Waals surface area contributed by atoms with Crippen LogP contribution in [0.2, 0.25) is 0 Å². The fraction of sp³-hybridized carbons (Fsp3) is 1.00. The van der Waals surface area contributed by atoms with E-state index in [1.165, 1.54) is 32.4 Å². The lowest BCUT2D eigenvalue weighted by Gasteiger charge is -2.35. The molecule has 3 aliphatic rings. The third-order valence-corrected chi connectivity index (χ3v) is 4.68. The first-order chi connectivity index (χ1) is 7.31. The molecule has 0 aromatic heterocycles. The number of rotatable bonds is 3. The lowest BCUT2D eigenvalue weighted by molar-refractivity contribution is 0.0979. The van der Waals surface area contributed by atoms with Gasteiger partial charge >= 0.3 is 0 Å². The first-order valence-corrected chi connectivity index (χ1v) is 6.33. The van der Waals surface area contributed by atoms with Crippen LogP contribution in [0.1, 0.15) is 25.7 Å². The Labute approximate surface area is 91.9 Å². The number of hydrogen-bond acceptors (Lipinski definition) is 3. The van der Waals surface area contributed by atoms with Gasteiger partial charge in [-0.1, -0.05) is 0 Å². The number of ether oxygens (including phenoxy) is 1. The Morgan fingerprint density at radius 3 is 2.87 bits per heavy atom. The molecule has 3 fully saturated rings.